The molecule has 2 aromatic rings. The van der Waals surface area contributed by atoms with E-state index in [0.717, 1.165) is 6.33 Å². The number of ether oxygens (including phenoxy) is 4. The summed E-state index contributed by atoms with van der Waals surface area (Å²) in [5, 5.41) is 91.3. The summed E-state index contributed by atoms with van der Waals surface area (Å²) in [5.41, 5.74) is 6.13. The number of hydrogen-bond acceptors (Lipinski definition) is 19. The Balaban J connectivity index is 1.45. The van der Waals surface area contributed by atoms with Crippen molar-refractivity contribution in [3.8, 4) is 0 Å². The minimum atomic E-state index is -5.64. The number of aromatic nitrogens is 4. The summed E-state index contributed by atoms with van der Waals surface area (Å²) in [4.78, 5) is 53.1. The van der Waals surface area contributed by atoms with E-state index in [4.69, 9.17) is 39.6 Å². The van der Waals surface area contributed by atoms with Crippen LogP contribution in [0.15, 0.2) is 12.7 Å². The summed E-state index contributed by atoms with van der Waals surface area (Å²) in [6.45, 7) is -1.57. The SMILES string of the molecule is Nc1ncnc2c1ncn2[C@@H]1O[C@H](CO[C@H]2[C@H](O)[C@@H](O)[C@@H](O[C@@H](C(=O)O)[C@H](O)[C@H](OP(=O)(O)O)[C@H](O)C(=O)O)O[C@@H]2CO)[C@@H](O)[C@H]1O. The highest BCUT2D eigenvalue weighted by atomic mass is 31.2. The lowest BCUT2D eigenvalue weighted by molar-refractivity contribution is -0.324. The number of phosphoric ester groups is 1. The third-order valence-electron chi connectivity index (χ3n) is 7.27. The zero-order valence-electron chi connectivity index (χ0n) is 23.6. The number of aliphatic carboxylic acids is 2. The van der Waals surface area contributed by atoms with Crippen LogP contribution >= 0.6 is 7.82 Å². The standard InChI is InChI=1S/C22H32N5O19P/c23-17-7-18(25-3-24-17)27(4-26-7)19-10(31)8(29)6(43-19)2-42-14-5(1-28)44-22(11(32)9(14)30)45-16(21(37)38)12(33)15(13(34)20(35)36)46-47(39,40)41/h3-6,8-16,19,22,28-34H,1-2H2,(H,35,36)(H,37,38)(H2,23,24,25)(H2,39,40,41)/t5-,6-,8-,9-,10-,11-,12-,13+,14-,15+,16-,19-,22-/m1/s1. The van der Waals surface area contributed by atoms with Crippen LogP contribution in [0.4, 0.5) is 5.82 Å². The van der Waals surface area contributed by atoms with Crippen molar-refractivity contribution in [1.82, 2.24) is 19.5 Å². The zero-order valence-corrected chi connectivity index (χ0v) is 24.5. The minimum absolute atomic E-state index is 0.0418. The van der Waals surface area contributed by atoms with Gasteiger partial charge in [-0.2, -0.15) is 0 Å². The topological polar surface area (TPSA) is 390 Å². The van der Waals surface area contributed by atoms with Gasteiger partial charge in [-0.25, -0.2) is 29.1 Å². The van der Waals surface area contributed by atoms with Gasteiger partial charge in [-0.15, -0.1) is 0 Å². The first kappa shape index (κ1) is 36.8. The van der Waals surface area contributed by atoms with Crippen molar-refractivity contribution in [3.63, 3.8) is 0 Å². The second kappa shape index (κ2) is 14.6. The molecule has 0 radical (unpaired) electrons. The predicted molar refractivity (Wildman–Crippen MR) is 142 cm³/mol. The van der Waals surface area contributed by atoms with Gasteiger partial charge in [0.05, 0.1) is 19.5 Å². The van der Waals surface area contributed by atoms with Crippen LogP contribution in [0.3, 0.4) is 0 Å². The quantitative estimate of drug-likeness (QED) is 0.0814. The Kier molecular flexibility index (Phi) is 11.4. The number of aliphatic hydroxyl groups excluding tert-OH is 7. The largest absolute Gasteiger partial charge is 0.479 e. The number of nitrogens with two attached hydrogens (primary N) is 1. The number of nitrogens with zero attached hydrogens (tertiary/aromatic N) is 4. The molecule has 24 nitrogen and oxygen atoms in total. The Bertz CT molecular complexity index is 1460. The summed E-state index contributed by atoms with van der Waals surface area (Å²) in [5.74, 6) is -4.26. The van der Waals surface area contributed by atoms with E-state index in [2.05, 4.69) is 19.5 Å². The average molecular weight is 701 g/mol. The first-order valence-electron chi connectivity index (χ1n) is 13.4. The van der Waals surface area contributed by atoms with Crippen LogP contribution in [0.5, 0.6) is 0 Å². The van der Waals surface area contributed by atoms with E-state index < -0.39 is 113 Å². The van der Waals surface area contributed by atoms with Gasteiger partial charge < -0.3 is 80.4 Å². The summed E-state index contributed by atoms with van der Waals surface area (Å²) < 4.78 is 38.2. The molecule has 2 aliphatic heterocycles. The van der Waals surface area contributed by atoms with Gasteiger partial charge in [-0.05, 0) is 0 Å². The normalized spacial score (nSPS) is 32.6. The van der Waals surface area contributed by atoms with Crippen molar-refractivity contribution in [2.45, 2.75) is 79.7 Å². The van der Waals surface area contributed by atoms with Gasteiger partial charge in [0.1, 0.15) is 66.8 Å². The fourth-order valence-electron chi connectivity index (χ4n) is 4.94. The molecule has 4 rings (SSSR count). The van der Waals surface area contributed by atoms with Crippen molar-refractivity contribution in [1.29, 1.82) is 0 Å². The Morgan fingerprint density at radius 3 is 2.26 bits per heavy atom. The van der Waals surface area contributed by atoms with Crippen LogP contribution in [0.2, 0.25) is 0 Å². The Morgan fingerprint density at radius 2 is 1.66 bits per heavy atom. The third-order valence-corrected chi connectivity index (χ3v) is 7.78. The number of carboxylic acid groups (broad SMARTS) is 2. The molecule has 264 valence electrons. The third kappa shape index (κ3) is 7.83. The van der Waals surface area contributed by atoms with Crippen molar-refractivity contribution in [3.05, 3.63) is 12.7 Å². The first-order valence-corrected chi connectivity index (χ1v) is 14.9. The van der Waals surface area contributed by atoms with E-state index in [0.29, 0.717) is 0 Å². The second-order valence-corrected chi connectivity index (χ2v) is 11.6. The highest BCUT2D eigenvalue weighted by Crippen LogP contribution is 2.40. The van der Waals surface area contributed by atoms with Crippen LogP contribution in [-0.2, 0) is 37.6 Å². The molecule has 2 saturated heterocycles. The molecule has 4 heterocycles. The number of imidazole rings is 1. The van der Waals surface area contributed by atoms with Crippen LogP contribution in [0, 0.1) is 0 Å². The fraction of sp³-hybridized carbons (Fsp3) is 0.682. The number of hydrogen-bond donors (Lipinski definition) is 12. The molecule has 47 heavy (non-hydrogen) atoms. The van der Waals surface area contributed by atoms with Gasteiger partial charge in [-0.3, -0.25) is 9.09 Å². The minimum Gasteiger partial charge on any atom is -0.479 e. The highest BCUT2D eigenvalue weighted by Gasteiger charge is 2.51. The molecule has 0 unspecified atom stereocenters. The Morgan fingerprint density at radius 1 is 0.979 bits per heavy atom. The summed E-state index contributed by atoms with van der Waals surface area (Å²) in [6.07, 6.45) is -24.3. The highest BCUT2D eigenvalue weighted by molar-refractivity contribution is 7.46. The summed E-state index contributed by atoms with van der Waals surface area (Å²) >= 11 is 0. The Labute approximate surface area is 261 Å². The van der Waals surface area contributed by atoms with E-state index in [-0.39, 0.29) is 17.0 Å². The number of carboxylic acids is 2. The zero-order chi connectivity index (χ0) is 35.0. The van der Waals surface area contributed by atoms with Gasteiger partial charge in [0.15, 0.2) is 36.2 Å². The lowest BCUT2D eigenvalue weighted by Gasteiger charge is -2.43. The van der Waals surface area contributed by atoms with E-state index in [1.165, 1.54) is 10.9 Å². The molecule has 0 aliphatic carbocycles. The van der Waals surface area contributed by atoms with E-state index in [1.807, 2.05) is 0 Å². The average Bonchev–Trinajstić information content (AvgIpc) is 3.55. The van der Waals surface area contributed by atoms with Crippen LogP contribution < -0.4 is 5.73 Å². The predicted octanol–water partition coefficient (Wildman–Crippen LogP) is -6.39. The molecule has 25 heteroatoms. The molecule has 0 spiro atoms. The maximum atomic E-state index is 11.9. The van der Waals surface area contributed by atoms with Gasteiger partial charge in [0, 0.05) is 0 Å². The number of anilines is 1. The second-order valence-electron chi connectivity index (χ2n) is 10.4. The van der Waals surface area contributed by atoms with Gasteiger partial charge in [-0.1, -0.05) is 0 Å². The van der Waals surface area contributed by atoms with Gasteiger partial charge in [0.2, 0.25) is 0 Å². The number of aliphatic hydroxyl groups is 7. The molecular weight excluding hydrogens is 669 g/mol. The van der Waals surface area contributed by atoms with Crippen LogP contribution in [-0.4, -0.2) is 174 Å². The van der Waals surface area contributed by atoms with E-state index >= 15 is 0 Å². The van der Waals surface area contributed by atoms with E-state index in [1.54, 1.807) is 0 Å². The molecule has 0 amide bonds. The number of fused-ring (bicyclic) bond motifs is 1. The van der Waals surface area contributed by atoms with Crippen LogP contribution in [0.25, 0.3) is 11.2 Å². The Hall–Kier alpha value is -3.04. The number of rotatable bonds is 14. The van der Waals surface area contributed by atoms with Crippen LogP contribution in [0.1, 0.15) is 6.23 Å². The van der Waals surface area contributed by atoms with E-state index in [9.17, 15) is 55.0 Å². The number of nitrogen functional groups attached to an aromatic ring is 1. The summed E-state index contributed by atoms with van der Waals surface area (Å²) in [6, 6.07) is 0. The maximum absolute atomic E-state index is 11.9. The monoisotopic (exact) mass is 701 g/mol. The smallest absolute Gasteiger partial charge is 0.470 e. The van der Waals surface area contributed by atoms with Crippen molar-refractivity contribution < 1.29 is 93.4 Å². The van der Waals surface area contributed by atoms with Crippen molar-refractivity contribution in [2.75, 3.05) is 18.9 Å². The van der Waals surface area contributed by atoms with Crippen molar-refractivity contribution >= 4 is 36.7 Å². The molecule has 2 aliphatic rings. The summed E-state index contributed by atoms with van der Waals surface area (Å²) in [7, 11) is -5.64. The molecule has 2 aromatic heterocycles. The molecule has 0 aromatic carbocycles. The molecule has 2 fully saturated rings. The molecule has 13 N–H and O–H groups in total. The molecule has 0 saturated carbocycles. The molecule has 0 bridgehead atoms. The number of carbonyl (C=O) groups is 2. The lowest BCUT2D eigenvalue weighted by atomic mass is 9.98. The van der Waals surface area contributed by atoms with Crippen molar-refractivity contribution in [2.24, 2.45) is 0 Å². The van der Waals surface area contributed by atoms with Gasteiger partial charge >= 0.3 is 19.8 Å². The first-order chi connectivity index (χ1) is 22.0. The number of phosphoric acid groups is 1. The molecule has 13 atom stereocenters. The fourth-order valence-corrected chi connectivity index (χ4v) is 5.49. The van der Waals surface area contributed by atoms with Gasteiger partial charge in [0.25, 0.3) is 0 Å². The lowest BCUT2D eigenvalue weighted by Crippen LogP contribution is -2.62. The molecular formula is C22H32N5O19P. The maximum Gasteiger partial charge on any atom is 0.470 e.